The van der Waals surface area contributed by atoms with E-state index in [9.17, 15) is 13.5 Å². The maximum absolute atomic E-state index is 12.5. The van der Waals surface area contributed by atoms with Crippen molar-refractivity contribution in [1.29, 1.82) is 0 Å². The molecule has 2 saturated heterocycles. The van der Waals surface area contributed by atoms with Gasteiger partial charge in [-0.2, -0.15) is 0 Å². The molecule has 1 aromatic heterocycles. The number of rotatable bonds is 4. The number of thiophene rings is 1. The Labute approximate surface area is 123 Å². The van der Waals surface area contributed by atoms with E-state index in [2.05, 4.69) is 9.62 Å². The second kappa shape index (κ2) is 5.73. The highest BCUT2D eigenvalue weighted by molar-refractivity contribution is 7.89. The molecule has 2 N–H and O–H groups in total. The van der Waals surface area contributed by atoms with E-state index >= 15 is 0 Å². The minimum atomic E-state index is -3.52. The normalized spacial score (nSPS) is 27.6. The fourth-order valence-electron chi connectivity index (χ4n) is 3.33. The molecule has 0 aromatic carbocycles. The molecule has 2 aliphatic heterocycles. The van der Waals surface area contributed by atoms with Crippen LogP contribution >= 0.6 is 11.3 Å². The van der Waals surface area contributed by atoms with E-state index in [0.29, 0.717) is 10.9 Å². The molecule has 5 nitrogen and oxygen atoms in total. The molecule has 0 bridgehead atoms. The van der Waals surface area contributed by atoms with Gasteiger partial charge in [-0.3, -0.25) is 4.90 Å². The Balaban J connectivity index is 1.77. The molecule has 2 fully saturated rings. The molecule has 3 rings (SSSR count). The van der Waals surface area contributed by atoms with Crippen molar-refractivity contribution in [2.75, 3.05) is 13.1 Å². The van der Waals surface area contributed by atoms with Crippen molar-refractivity contribution in [3.63, 3.8) is 0 Å². The molecule has 1 aromatic rings. The second-order valence-corrected chi connectivity index (χ2v) is 8.16. The maximum Gasteiger partial charge on any atom is 0.242 e. The number of fused-ring (bicyclic) bond motifs is 1. The Bertz CT molecular complexity index is 570. The van der Waals surface area contributed by atoms with Crippen molar-refractivity contribution in [2.24, 2.45) is 0 Å². The van der Waals surface area contributed by atoms with Crippen LogP contribution in [0.1, 0.15) is 30.6 Å². The standard InChI is InChI=1S/C13H20N2O3S2/c16-9-12-13(5-8-19-12)20(17,18)14-10-4-7-15-6-2-1-3-11(10)15/h5,8,10-11,14,16H,1-4,6-7,9H2. The number of piperidine rings is 1. The summed E-state index contributed by atoms with van der Waals surface area (Å²) in [5, 5.41) is 10.9. The molecule has 3 heterocycles. The van der Waals surface area contributed by atoms with Crippen LogP contribution in [-0.4, -0.2) is 43.6 Å². The van der Waals surface area contributed by atoms with Crippen LogP contribution in [0.2, 0.25) is 0 Å². The monoisotopic (exact) mass is 316 g/mol. The number of nitrogens with one attached hydrogen (secondary N) is 1. The van der Waals surface area contributed by atoms with Gasteiger partial charge in [-0.15, -0.1) is 11.3 Å². The zero-order valence-corrected chi connectivity index (χ0v) is 12.9. The van der Waals surface area contributed by atoms with Crippen molar-refractivity contribution in [2.45, 2.75) is 49.3 Å². The highest BCUT2D eigenvalue weighted by atomic mass is 32.2. The molecule has 7 heteroatoms. The van der Waals surface area contributed by atoms with E-state index in [1.807, 2.05) is 0 Å². The van der Waals surface area contributed by atoms with Crippen LogP contribution in [0.3, 0.4) is 0 Å². The summed E-state index contributed by atoms with van der Waals surface area (Å²) < 4.78 is 27.8. The van der Waals surface area contributed by atoms with E-state index in [1.165, 1.54) is 24.2 Å². The van der Waals surface area contributed by atoms with Gasteiger partial charge in [0.2, 0.25) is 10.0 Å². The number of hydrogen-bond acceptors (Lipinski definition) is 5. The molecule has 20 heavy (non-hydrogen) atoms. The van der Waals surface area contributed by atoms with Gasteiger partial charge in [-0.25, -0.2) is 13.1 Å². The van der Waals surface area contributed by atoms with E-state index < -0.39 is 10.0 Å². The predicted molar refractivity (Wildman–Crippen MR) is 78.2 cm³/mol. The first-order valence-electron chi connectivity index (χ1n) is 7.05. The van der Waals surface area contributed by atoms with Crippen LogP contribution in [0, 0.1) is 0 Å². The van der Waals surface area contributed by atoms with Crippen LogP contribution in [0.4, 0.5) is 0 Å². The van der Waals surface area contributed by atoms with E-state index in [0.717, 1.165) is 25.9 Å². The summed E-state index contributed by atoms with van der Waals surface area (Å²) in [7, 11) is -3.52. The summed E-state index contributed by atoms with van der Waals surface area (Å²) in [6.07, 6.45) is 4.35. The zero-order chi connectivity index (χ0) is 14.2. The zero-order valence-electron chi connectivity index (χ0n) is 11.3. The minimum absolute atomic E-state index is 0.00624. The Morgan fingerprint density at radius 3 is 3.00 bits per heavy atom. The van der Waals surface area contributed by atoms with E-state index in [1.54, 1.807) is 11.4 Å². The van der Waals surface area contributed by atoms with Crippen molar-refractivity contribution < 1.29 is 13.5 Å². The topological polar surface area (TPSA) is 69.6 Å². The SMILES string of the molecule is O=S(=O)(NC1CCN2CCCCC12)c1ccsc1CO. The van der Waals surface area contributed by atoms with Crippen LogP contribution in [0.25, 0.3) is 0 Å². The molecule has 2 aliphatic rings. The Kier molecular flexibility index (Phi) is 4.14. The first-order chi connectivity index (χ1) is 9.62. The lowest BCUT2D eigenvalue weighted by atomic mass is 10.00. The van der Waals surface area contributed by atoms with Crippen molar-refractivity contribution >= 4 is 21.4 Å². The second-order valence-electron chi connectivity index (χ2n) is 5.48. The lowest BCUT2D eigenvalue weighted by Gasteiger charge is -2.32. The molecular formula is C13H20N2O3S2. The fourth-order valence-corrected chi connectivity index (χ4v) is 5.93. The Morgan fingerprint density at radius 2 is 2.20 bits per heavy atom. The quantitative estimate of drug-likeness (QED) is 0.874. The first-order valence-corrected chi connectivity index (χ1v) is 9.42. The summed E-state index contributed by atoms with van der Waals surface area (Å²) in [4.78, 5) is 3.15. The molecular weight excluding hydrogens is 296 g/mol. The fraction of sp³-hybridized carbons (Fsp3) is 0.692. The number of hydrogen-bond donors (Lipinski definition) is 2. The van der Waals surface area contributed by atoms with Crippen LogP contribution < -0.4 is 4.72 Å². The van der Waals surface area contributed by atoms with Crippen molar-refractivity contribution in [3.8, 4) is 0 Å². The van der Waals surface area contributed by atoms with Gasteiger partial charge in [0.15, 0.2) is 0 Å². The highest BCUT2D eigenvalue weighted by Crippen LogP contribution is 2.29. The van der Waals surface area contributed by atoms with Gasteiger partial charge in [-0.05, 0) is 37.3 Å². The molecule has 0 amide bonds. The van der Waals surface area contributed by atoms with E-state index in [4.69, 9.17) is 0 Å². The van der Waals surface area contributed by atoms with Gasteiger partial charge in [-0.1, -0.05) is 6.42 Å². The third-order valence-corrected chi connectivity index (χ3v) is 6.91. The van der Waals surface area contributed by atoms with Gasteiger partial charge < -0.3 is 5.11 Å². The van der Waals surface area contributed by atoms with E-state index in [-0.39, 0.29) is 17.5 Å². The highest BCUT2D eigenvalue weighted by Gasteiger charge is 2.38. The average Bonchev–Trinajstić information content (AvgIpc) is 3.06. The third kappa shape index (κ3) is 2.65. The lowest BCUT2D eigenvalue weighted by Crippen LogP contribution is -2.46. The Hall–Kier alpha value is -0.470. The summed E-state index contributed by atoms with van der Waals surface area (Å²) in [6.45, 7) is 1.84. The number of aliphatic hydroxyl groups excluding tert-OH is 1. The van der Waals surface area contributed by atoms with Gasteiger partial charge in [0.05, 0.1) is 11.5 Å². The van der Waals surface area contributed by atoms with Crippen molar-refractivity contribution in [1.82, 2.24) is 9.62 Å². The summed E-state index contributed by atoms with van der Waals surface area (Å²) in [5.41, 5.74) is 0. The third-order valence-electron chi connectivity index (χ3n) is 4.30. The average molecular weight is 316 g/mol. The number of nitrogens with zero attached hydrogens (tertiary/aromatic N) is 1. The smallest absolute Gasteiger partial charge is 0.242 e. The molecule has 0 saturated carbocycles. The van der Waals surface area contributed by atoms with Crippen LogP contribution in [0.5, 0.6) is 0 Å². The van der Waals surface area contributed by atoms with Gasteiger partial charge in [0, 0.05) is 23.5 Å². The van der Waals surface area contributed by atoms with Crippen LogP contribution in [0.15, 0.2) is 16.3 Å². The predicted octanol–water partition coefficient (Wildman–Crippen LogP) is 1.15. The maximum atomic E-state index is 12.5. The largest absolute Gasteiger partial charge is 0.391 e. The van der Waals surface area contributed by atoms with Crippen LogP contribution in [-0.2, 0) is 16.6 Å². The molecule has 112 valence electrons. The minimum Gasteiger partial charge on any atom is -0.391 e. The number of sulfonamides is 1. The summed E-state index contributed by atoms with van der Waals surface area (Å²) in [6, 6.07) is 1.92. The van der Waals surface area contributed by atoms with Gasteiger partial charge >= 0.3 is 0 Å². The summed E-state index contributed by atoms with van der Waals surface area (Å²) >= 11 is 1.28. The molecule has 0 radical (unpaired) electrons. The van der Waals surface area contributed by atoms with Gasteiger partial charge in [0.25, 0.3) is 0 Å². The molecule has 0 spiro atoms. The Morgan fingerprint density at radius 1 is 1.35 bits per heavy atom. The van der Waals surface area contributed by atoms with Crippen molar-refractivity contribution in [3.05, 3.63) is 16.3 Å². The molecule has 2 unspecified atom stereocenters. The van der Waals surface area contributed by atoms with Gasteiger partial charge in [0.1, 0.15) is 0 Å². The molecule has 2 atom stereocenters. The lowest BCUT2D eigenvalue weighted by molar-refractivity contribution is 0.186. The molecule has 0 aliphatic carbocycles. The number of aliphatic hydroxyl groups is 1. The first kappa shape index (κ1) is 14.5. The summed E-state index contributed by atoms with van der Waals surface area (Å²) in [5.74, 6) is 0.